The van der Waals surface area contributed by atoms with Gasteiger partial charge in [-0.3, -0.25) is 29.9 Å². The molecule has 0 aromatic heterocycles. The summed E-state index contributed by atoms with van der Waals surface area (Å²) in [7, 11) is 0. The van der Waals surface area contributed by atoms with Gasteiger partial charge >= 0.3 is 0 Å². The second kappa shape index (κ2) is 10.3. The molecule has 1 aliphatic heterocycles. The molecule has 35 heavy (non-hydrogen) atoms. The Morgan fingerprint density at radius 2 is 1.77 bits per heavy atom. The molecule has 2 amide bonds. The van der Waals surface area contributed by atoms with Crippen LogP contribution in [0.3, 0.4) is 0 Å². The van der Waals surface area contributed by atoms with Crippen molar-refractivity contribution in [3.05, 3.63) is 103 Å². The van der Waals surface area contributed by atoms with Crippen LogP contribution in [0.2, 0.25) is 0 Å². The van der Waals surface area contributed by atoms with Gasteiger partial charge in [-0.15, -0.1) is 0 Å². The molecule has 4 rings (SSSR count). The molecule has 11 heteroatoms. The highest BCUT2D eigenvalue weighted by Gasteiger charge is 2.34. The van der Waals surface area contributed by atoms with Gasteiger partial charge in [0.15, 0.2) is 5.11 Å². The van der Waals surface area contributed by atoms with Gasteiger partial charge in [0.25, 0.3) is 17.5 Å². The molecule has 1 aliphatic rings. The second-order valence-corrected chi connectivity index (χ2v) is 8.89. The fourth-order valence-corrected chi connectivity index (χ4v) is 4.22. The Morgan fingerprint density at radius 3 is 2.40 bits per heavy atom. The minimum absolute atomic E-state index is 0.000716. The maximum absolute atomic E-state index is 13.3. The van der Waals surface area contributed by atoms with Crippen molar-refractivity contribution in [2.75, 3.05) is 4.90 Å². The fourth-order valence-electron chi connectivity index (χ4n) is 3.25. The maximum atomic E-state index is 13.3. The van der Waals surface area contributed by atoms with Gasteiger partial charge < -0.3 is 4.74 Å². The molecule has 1 fully saturated rings. The van der Waals surface area contributed by atoms with Gasteiger partial charge in [-0.2, -0.15) is 0 Å². The number of non-ortho nitro benzene ring substituents is 1. The van der Waals surface area contributed by atoms with E-state index < -0.39 is 22.6 Å². The van der Waals surface area contributed by atoms with Crippen molar-refractivity contribution in [3.63, 3.8) is 0 Å². The van der Waals surface area contributed by atoms with E-state index in [0.29, 0.717) is 17.0 Å². The Labute approximate surface area is 217 Å². The topological polar surface area (TPSA) is 102 Å². The largest absolute Gasteiger partial charge is 0.488 e. The van der Waals surface area contributed by atoms with Crippen LogP contribution in [0.1, 0.15) is 11.1 Å². The second-order valence-electron chi connectivity index (χ2n) is 7.34. The Hall–Kier alpha value is -3.71. The minimum atomic E-state index is -0.633. The number of amides is 2. The van der Waals surface area contributed by atoms with E-state index >= 15 is 0 Å². The third-order valence-corrected chi connectivity index (χ3v) is 6.12. The third kappa shape index (κ3) is 5.52. The average Bonchev–Trinajstić information content (AvgIpc) is 2.82. The lowest BCUT2D eigenvalue weighted by Gasteiger charge is -2.28. The van der Waals surface area contributed by atoms with E-state index in [1.807, 2.05) is 0 Å². The van der Waals surface area contributed by atoms with Crippen LogP contribution in [0.25, 0.3) is 6.08 Å². The lowest BCUT2D eigenvalue weighted by atomic mass is 10.1. The smallest absolute Gasteiger partial charge is 0.270 e. The van der Waals surface area contributed by atoms with Crippen LogP contribution in [-0.4, -0.2) is 21.9 Å². The molecule has 1 heterocycles. The molecule has 0 radical (unpaired) electrons. The normalized spacial score (nSPS) is 14.7. The minimum Gasteiger partial charge on any atom is -0.488 e. The van der Waals surface area contributed by atoms with Gasteiger partial charge in [-0.05, 0) is 101 Å². The first-order valence-corrected chi connectivity index (χ1v) is 11.5. The summed E-state index contributed by atoms with van der Waals surface area (Å²) in [4.78, 5) is 37.0. The molecular weight excluding hydrogens is 588 g/mol. The zero-order valence-corrected chi connectivity index (χ0v) is 20.7. The van der Waals surface area contributed by atoms with Crippen LogP contribution in [0.4, 0.5) is 15.8 Å². The Balaban J connectivity index is 1.52. The highest BCUT2D eigenvalue weighted by Crippen LogP contribution is 2.26. The Kier molecular flexibility index (Phi) is 7.17. The predicted octanol–water partition coefficient (Wildman–Crippen LogP) is 4.75. The summed E-state index contributed by atoms with van der Waals surface area (Å²) in [5, 5.41) is 13.2. The van der Waals surface area contributed by atoms with Gasteiger partial charge in [-0.1, -0.05) is 6.07 Å². The van der Waals surface area contributed by atoms with Crippen molar-refractivity contribution in [2.24, 2.45) is 0 Å². The molecule has 0 aliphatic carbocycles. The van der Waals surface area contributed by atoms with Gasteiger partial charge in [0.2, 0.25) is 0 Å². The zero-order chi connectivity index (χ0) is 25.1. The quantitative estimate of drug-likeness (QED) is 0.109. The standard InChI is InChI=1S/C24H15FIN3O5S/c25-16-4-8-17(9-5-16)28-23(31)19(22(30)27-24(28)35)11-15-3-10-21(20(26)12-15)34-13-14-1-6-18(7-2-14)29(32)33/h1-12H,13H2,(H,27,30,35)/b19-11-. The average molecular weight is 603 g/mol. The molecule has 0 unspecified atom stereocenters. The summed E-state index contributed by atoms with van der Waals surface area (Å²) in [6.07, 6.45) is 1.44. The number of carbonyl (C=O) groups excluding carboxylic acids is 2. The monoisotopic (exact) mass is 603 g/mol. The van der Waals surface area contributed by atoms with Crippen LogP contribution in [0, 0.1) is 19.5 Å². The third-order valence-electron chi connectivity index (χ3n) is 4.99. The van der Waals surface area contributed by atoms with Crippen LogP contribution >= 0.6 is 34.8 Å². The first-order valence-electron chi connectivity index (χ1n) is 10.1. The van der Waals surface area contributed by atoms with E-state index in [9.17, 15) is 24.1 Å². The van der Waals surface area contributed by atoms with Crippen LogP contribution in [-0.2, 0) is 16.2 Å². The van der Waals surface area contributed by atoms with Gasteiger partial charge in [0.05, 0.1) is 14.2 Å². The van der Waals surface area contributed by atoms with Crippen molar-refractivity contribution < 1.29 is 23.6 Å². The number of thiocarbonyl (C=S) groups is 1. The van der Waals surface area contributed by atoms with Crippen LogP contribution in [0.15, 0.2) is 72.3 Å². The first kappa shape index (κ1) is 24.4. The zero-order valence-electron chi connectivity index (χ0n) is 17.7. The maximum Gasteiger partial charge on any atom is 0.270 e. The van der Waals surface area contributed by atoms with Gasteiger partial charge in [-0.25, -0.2) is 4.39 Å². The molecule has 3 aromatic carbocycles. The van der Waals surface area contributed by atoms with E-state index in [0.717, 1.165) is 14.0 Å². The number of hydrogen-bond donors (Lipinski definition) is 1. The summed E-state index contributed by atoms with van der Waals surface area (Å²) >= 11 is 7.21. The van der Waals surface area contributed by atoms with Gasteiger partial charge in [0.1, 0.15) is 23.7 Å². The number of carbonyl (C=O) groups is 2. The number of nitrogens with zero attached hydrogens (tertiary/aromatic N) is 2. The lowest BCUT2D eigenvalue weighted by Crippen LogP contribution is -2.54. The summed E-state index contributed by atoms with van der Waals surface area (Å²) in [6.45, 7) is 0.208. The summed E-state index contributed by atoms with van der Waals surface area (Å²) in [5.74, 6) is -1.15. The van der Waals surface area contributed by atoms with Crippen LogP contribution < -0.4 is 15.0 Å². The highest BCUT2D eigenvalue weighted by atomic mass is 127. The summed E-state index contributed by atoms with van der Waals surface area (Å²) < 4.78 is 19.8. The SMILES string of the molecule is O=C1NC(=S)N(c2ccc(F)cc2)C(=O)/C1=C\c1ccc(OCc2ccc([N+](=O)[O-])cc2)c(I)c1. The van der Waals surface area contributed by atoms with E-state index in [1.54, 1.807) is 30.3 Å². The summed E-state index contributed by atoms with van der Waals surface area (Å²) in [6, 6.07) is 16.4. The summed E-state index contributed by atoms with van der Waals surface area (Å²) in [5.41, 5.74) is 1.55. The fraction of sp³-hybridized carbons (Fsp3) is 0.0417. The molecule has 3 aromatic rings. The number of halogens is 2. The van der Waals surface area contributed by atoms with E-state index in [1.165, 1.54) is 42.5 Å². The number of nitrogens with one attached hydrogen (secondary N) is 1. The highest BCUT2D eigenvalue weighted by molar-refractivity contribution is 14.1. The molecule has 0 spiro atoms. The molecule has 0 bridgehead atoms. The first-order chi connectivity index (χ1) is 16.7. The number of ether oxygens (including phenoxy) is 1. The number of anilines is 1. The van der Waals surface area contributed by atoms with Crippen molar-refractivity contribution in [2.45, 2.75) is 6.61 Å². The van der Waals surface area contributed by atoms with Crippen LogP contribution in [0.5, 0.6) is 5.75 Å². The molecule has 1 saturated heterocycles. The van der Waals surface area contributed by atoms with Crippen molar-refractivity contribution in [1.82, 2.24) is 5.32 Å². The Morgan fingerprint density at radius 1 is 1.09 bits per heavy atom. The number of hydrogen-bond acceptors (Lipinski definition) is 6. The number of nitro groups is 1. The van der Waals surface area contributed by atoms with Crippen molar-refractivity contribution >= 4 is 69.2 Å². The number of benzene rings is 3. The Bertz CT molecular complexity index is 1380. The lowest BCUT2D eigenvalue weighted by molar-refractivity contribution is -0.384. The van der Waals surface area contributed by atoms with E-state index in [4.69, 9.17) is 17.0 Å². The molecule has 176 valence electrons. The van der Waals surface area contributed by atoms with Crippen molar-refractivity contribution in [3.8, 4) is 5.75 Å². The molecular formula is C24H15FIN3O5S. The van der Waals surface area contributed by atoms with E-state index in [-0.39, 0.29) is 23.0 Å². The molecule has 8 nitrogen and oxygen atoms in total. The number of nitro benzene ring substituents is 1. The van der Waals surface area contributed by atoms with E-state index in [2.05, 4.69) is 27.9 Å². The number of rotatable bonds is 6. The molecule has 0 saturated carbocycles. The van der Waals surface area contributed by atoms with Gasteiger partial charge in [0, 0.05) is 12.1 Å². The van der Waals surface area contributed by atoms with Crippen molar-refractivity contribution in [1.29, 1.82) is 0 Å². The predicted molar refractivity (Wildman–Crippen MR) is 139 cm³/mol. The molecule has 1 N–H and O–H groups in total. The molecule has 0 atom stereocenters.